The Balaban J connectivity index is 2.12. The van der Waals surface area contributed by atoms with Crippen LogP contribution in [0.1, 0.15) is 39.5 Å². The number of rotatable bonds is 5. The van der Waals surface area contributed by atoms with Gasteiger partial charge in [-0.2, -0.15) is 0 Å². The number of piperidine rings is 1. The first-order chi connectivity index (χ1) is 6.76. The zero-order valence-electron chi connectivity index (χ0n) is 9.84. The van der Waals surface area contributed by atoms with Gasteiger partial charge in [-0.25, -0.2) is 0 Å². The SMILES string of the molecule is C=CC(C)CCC1CCN(CC)CC1. The minimum absolute atomic E-state index is 0.708. The first-order valence-corrected chi connectivity index (χ1v) is 6.11. The Morgan fingerprint density at radius 2 is 2.07 bits per heavy atom. The standard InChI is InChI=1S/C13H25N/c1-4-12(3)6-7-13-8-10-14(5-2)11-9-13/h4,12-13H,1,5-11H2,2-3H3. The lowest BCUT2D eigenvalue weighted by Gasteiger charge is -2.31. The molecular formula is C13H25N. The molecule has 1 heterocycles. The van der Waals surface area contributed by atoms with E-state index in [4.69, 9.17) is 0 Å². The molecular weight excluding hydrogens is 170 g/mol. The highest BCUT2D eigenvalue weighted by Gasteiger charge is 2.17. The summed E-state index contributed by atoms with van der Waals surface area (Å²) in [6.45, 7) is 12.3. The van der Waals surface area contributed by atoms with Crippen molar-refractivity contribution in [1.82, 2.24) is 4.90 Å². The molecule has 1 fully saturated rings. The molecule has 0 aromatic rings. The van der Waals surface area contributed by atoms with Crippen molar-refractivity contribution >= 4 is 0 Å². The zero-order chi connectivity index (χ0) is 10.4. The summed E-state index contributed by atoms with van der Waals surface area (Å²) in [5.74, 6) is 1.69. The van der Waals surface area contributed by atoms with Crippen molar-refractivity contribution in [1.29, 1.82) is 0 Å². The predicted molar refractivity (Wildman–Crippen MR) is 63.4 cm³/mol. The van der Waals surface area contributed by atoms with E-state index in [1.54, 1.807) is 0 Å². The second-order valence-corrected chi connectivity index (χ2v) is 4.67. The Bertz CT molecular complexity index is 157. The Kier molecular flexibility index (Phi) is 5.24. The molecule has 14 heavy (non-hydrogen) atoms. The number of hydrogen-bond acceptors (Lipinski definition) is 1. The second kappa shape index (κ2) is 6.23. The molecule has 0 bridgehead atoms. The van der Waals surface area contributed by atoms with Gasteiger partial charge in [-0.15, -0.1) is 6.58 Å². The van der Waals surface area contributed by atoms with Crippen LogP contribution in [0.25, 0.3) is 0 Å². The highest BCUT2D eigenvalue weighted by Crippen LogP contribution is 2.23. The van der Waals surface area contributed by atoms with Crippen molar-refractivity contribution in [3.05, 3.63) is 12.7 Å². The number of hydrogen-bond donors (Lipinski definition) is 0. The molecule has 1 heteroatoms. The van der Waals surface area contributed by atoms with Crippen LogP contribution in [0.3, 0.4) is 0 Å². The molecule has 0 N–H and O–H groups in total. The summed E-state index contributed by atoms with van der Waals surface area (Å²) in [5, 5.41) is 0. The number of likely N-dealkylation sites (tertiary alicyclic amines) is 1. The number of nitrogens with zero attached hydrogens (tertiary/aromatic N) is 1. The van der Waals surface area contributed by atoms with Gasteiger partial charge in [-0.3, -0.25) is 0 Å². The van der Waals surface area contributed by atoms with Crippen LogP contribution in [0, 0.1) is 11.8 Å². The van der Waals surface area contributed by atoms with E-state index in [-0.39, 0.29) is 0 Å². The van der Waals surface area contributed by atoms with Crippen molar-refractivity contribution in [3.8, 4) is 0 Å². The third kappa shape index (κ3) is 3.83. The summed E-state index contributed by atoms with van der Waals surface area (Å²) >= 11 is 0. The molecule has 1 nitrogen and oxygen atoms in total. The van der Waals surface area contributed by atoms with Crippen LogP contribution in [-0.2, 0) is 0 Å². The van der Waals surface area contributed by atoms with Gasteiger partial charge < -0.3 is 4.90 Å². The van der Waals surface area contributed by atoms with Crippen LogP contribution in [0.4, 0.5) is 0 Å². The quantitative estimate of drug-likeness (QED) is 0.608. The Hall–Kier alpha value is -0.300. The Morgan fingerprint density at radius 3 is 2.57 bits per heavy atom. The molecule has 0 saturated carbocycles. The number of allylic oxidation sites excluding steroid dienone is 1. The van der Waals surface area contributed by atoms with Gasteiger partial charge >= 0.3 is 0 Å². The first kappa shape index (κ1) is 11.8. The van der Waals surface area contributed by atoms with Gasteiger partial charge in [-0.1, -0.05) is 19.9 Å². The van der Waals surface area contributed by atoms with Crippen LogP contribution in [0.15, 0.2) is 12.7 Å². The maximum Gasteiger partial charge on any atom is -0.00162 e. The van der Waals surface area contributed by atoms with Gasteiger partial charge in [0.15, 0.2) is 0 Å². The summed E-state index contributed by atoms with van der Waals surface area (Å²) in [6, 6.07) is 0. The lowest BCUT2D eigenvalue weighted by Crippen LogP contribution is -2.33. The zero-order valence-corrected chi connectivity index (χ0v) is 9.84. The van der Waals surface area contributed by atoms with Crippen molar-refractivity contribution in [2.24, 2.45) is 11.8 Å². The van der Waals surface area contributed by atoms with Gasteiger partial charge in [-0.05, 0) is 57.2 Å². The Morgan fingerprint density at radius 1 is 1.43 bits per heavy atom. The molecule has 1 atom stereocenters. The molecule has 1 unspecified atom stereocenters. The molecule has 82 valence electrons. The summed E-state index contributed by atoms with van der Waals surface area (Å²) in [4.78, 5) is 2.56. The molecule has 0 amide bonds. The van der Waals surface area contributed by atoms with Crippen LogP contribution in [-0.4, -0.2) is 24.5 Å². The Labute approximate surface area is 89.2 Å². The molecule has 0 aromatic heterocycles. The normalized spacial score (nSPS) is 22.1. The maximum absolute atomic E-state index is 3.84. The van der Waals surface area contributed by atoms with E-state index < -0.39 is 0 Å². The minimum atomic E-state index is 0.708. The third-order valence-electron chi connectivity index (χ3n) is 3.59. The van der Waals surface area contributed by atoms with E-state index in [0.717, 1.165) is 5.92 Å². The maximum atomic E-state index is 3.84. The first-order valence-electron chi connectivity index (χ1n) is 6.11. The van der Waals surface area contributed by atoms with Crippen molar-refractivity contribution < 1.29 is 0 Å². The topological polar surface area (TPSA) is 3.24 Å². The highest BCUT2D eigenvalue weighted by molar-refractivity contribution is 4.77. The van der Waals surface area contributed by atoms with Crippen molar-refractivity contribution in [3.63, 3.8) is 0 Å². The summed E-state index contributed by atoms with van der Waals surface area (Å²) in [5.41, 5.74) is 0. The smallest absolute Gasteiger partial charge is 0.00162 e. The van der Waals surface area contributed by atoms with Crippen molar-refractivity contribution in [2.45, 2.75) is 39.5 Å². The fourth-order valence-electron chi connectivity index (χ4n) is 2.21. The lowest BCUT2D eigenvalue weighted by atomic mass is 9.89. The van der Waals surface area contributed by atoms with Gasteiger partial charge in [0.05, 0.1) is 0 Å². The average Bonchev–Trinajstić information content (AvgIpc) is 2.26. The van der Waals surface area contributed by atoms with E-state index in [2.05, 4.69) is 31.4 Å². The van der Waals surface area contributed by atoms with E-state index in [0.29, 0.717) is 5.92 Å². The van der Waals surface area contributed by atoms with Gasteiger partial charge in [0, 0.05) is 0 Å². The van der Waals surface area contributed by atoms with E-state index in [1.807, 2.05) is 0 Å². The predicted octanol–water partition coefficient (Wildman–Crippen LogP) is 3.32. The molecule has 0 spiro atoms. The lowest BCUT2D eigenvalue weighted by molar-refractivity contribution is 0.183. The van der Waals surface area contributed by atoms with Crippen LogP contribution in [0.5, 0.6) is 0 Å². The van der Waals surface area contributed by atoms with Crippen LogP contribution >= 0.6 is 0 Å². The second-order valence-electron chi connectivity index (χ2n) is 4.67. The molecule has 1 rings (SSSR count). The molecule has 0 aromatic carbocycles. The molecule has 0 aliphatic carbocycles. The van der Waals surface area contributed by atoms with Gasteiger partial charge in [0.1, 0.15) is 0 Å². The molecule has 0 radical (unpaired) electrons. The fraction of sp³-hybridized carbons (Fsp3) is 0.846. The average molecular weight is 195 g/mol. The summed E-state index contributed by atoms with van der Waals surface area (Å²) in [7, 11) is 0. The summed E-state index contributed by atoms with van der Waals surface area (Å²) < 4.78 is 0. The molecule has 1 aliphatic heterocycles. The summed E-state index contributed by atoms with van der Waals surface area (Å²) in [6.07, 6.45) is 7.65. The molecule has 1 saturated heterocycles. The minimum Gasteiger partial charge on any atom is -0.304 e. The molecule has 1 aliphatic rings. The van der Waals surface area contributed by atoms with Crippen molar-refractivity contribution in [2.75, 3.05) is 19.6 Å². The largest absolute Gasteiger partial charge is 0.304 e. The van der Waals surface area contributed by atoms with E-state index >= 15 is 0 Å². The van der Waals surface area contributed by atoms with E-state index in [1.165, 1.54) is 45.3 Å². The van der Waals surface area contributed by atoms with Gasteiger partial charge in [0.2, 0.25) is 0 Å². The van der Waals surface area contributed by atoms with E-state index in [9.17, 15) is 0 Å². The third-order valence-corrected chi connectivity index (χ3v) is 3.59. The highest BCUT2D eigenvalue weighted by atomic mass is 15.1. The van der Waals surface area contributed by atoms with Gasteiger partial charge in [0.25, 0.3) is 0 Å². The monoisotopic (exact) mass is 195 g/mol. The van der Waals surface area contributed by atoms with Crippen LogP contribution in [0.2, 0.25) is 0 Å². The fourth-order valence-corrected chi connectivity index (χ4v) is 2.21. The van der Waals surface area contributed by atoms with Crippen LogP contribution < -0.4 is 0 Å².